The van der Waals surface area contributed by atoms with Crippen molar-refractivity contribution in [3.05, 3.63) is 63.7 Å². The summed E-state index contributed by atoms with van der Waals surface area (Å²) in [6.45, 7) is 6.04. The number of methoxy groups -OCH3 is 1. The van der Waals surface area contributed by atoms with Crippen LogP contribution in [0.2, 0.25) is 5.02 Å². The van der Waals surface area contributed by atoms with E-state index >= 15 is 0 Å². The molecule has 30 heavy (non-hydrogen) atoms. The van der Waals surface area contributed by atoms with Crippen molar-refractivity contribution in [3.63, 3.8) is 0 Å². The number of halogens is 1. The lowest BCUT2D eigenvalue weighted by Gasteiger charge is -2.38. The lowest BCUT2D eigenvalue weighted by Crippen LogP contribution is -2.36. The van der Waals surface area contributed by atoms with E-state index in [0.29, 0.717) is 39.9 Å². The molecule has 4 rings (SSSR count). The molecule has 1 atom stereocenters. The maximum Gasteiger partial charge on any atom is 0.162 e. The Hall–Kier alpha value is -2.97. The highest BCUT2D eigenvalue weighted by molar-refractivity contribution is 6.32. The van der Waals surface area contributed by atoms with Crippen LogP contribution in [0.15, 0.2) is 57.3 Å². The van der Waals surface area contributed by atoms with Gasteiger partial charge in [-0.1, -0.05) is 25.4 Å². The minimum Gasteiger partial charge on any atom is -0.495 e. The summed E-state index contributed by atoms with van der Waals surface area (Å²) in [6, 6.07) is 11.4. The molecule has 0 amide bonds. The van der Waals surface area contributed by atoms with Crippen molar-refractivity contribution < 1.29 is 13.9 Å². The first kappa shape index (κ1) is 20.3. The summed E-state index contributed by atoms with van der Waals surface area (Å²) in [7, 11) is 1.56. The van der Waals surface area contributed by atoms with Gasteiger partial charge < -0.3 is 14.5 Å². The van der Waals surface area contributed by atoms with E-state index in [1.54, 1.807) is 19.2 Å². The smallest absolute Gasteiger partial charge is 0.162 e. The number of ketones is 1. The van der Waals surface area contributed by atoms with Gasteiger partial charge in [-0.15, -0.1) is 0 Å². The Kier molecular flexibility index (Phi) is 4.99. The molecule has 1 aromatic carbocycles. The molecular formula is C24H23ClN2O3. The SMILES string of the molecule is COc1ccc(-c2ccc([C@@H]3C(C#N)=C(C)NC4=C3C(=O)CC(C)(C)C4)o2)cc1Cl. The summed E-state index contributed by atoms with van der Waals surface area (Å²) >= 11 is 6.26. The summed E-state index contributed by atoms with van der Waals surface area (Å²) < 4.78 is 11.4. The molecule has 1 N–H and O–H groups in total. The van der Waals surface area contributed by atoms with Gasteiger partial charge in [0, 0.05) is 29.0 Å². The van der Waals surface area contributed by atoms with Gasteiger partial charge in [0.2, 0.25) is 0 Å². The van der Waals surface area contributed by atoms with Crippen molar-refractivity contribution in [2.75, 3.05) is 7.11 Å². The molecule has 1 aliphatic carbocycles. The van der Waals surface area contributed by atoms with Gasteiger partial charge in [0.1, 0.15) is 17.3 Å². The van der Waals surface area contributed by atoms with E-state index in [-0.39, 0.29) is 11.2 Å². The third-order valence-corrected chi connectivity index (χ3v) is 6.00. The van der Waals surface area contributed by atoms with E-state index < -0.39 is 5.92 Å². The first-order valence-corrected chi connectivity index (χ1v) is 10.2. The van der Waals surface area contributed by atoms with Crippen LogP contribution in [0.3, 0.4) is 0 Å². The maximum atomic E-state index is 13.1. The second-order valence-corrected chi connectivity index (χ2v) is 9.00. The molecule has 5 nitrogen and oxygen atoms in total. The van der Waals surface area contributed by atoms with Crippen LogP contribution in [0.5, 0.6) is 5.75 Å². The topological polar surface area (TPSA) is 75.3 Å². The summed E-state index contributed by atoms with van der Waals surface area (Å²) in [6.07, 6.45) is 1.20. The monoisotopic (exact) mass is 422 g/mol. The Morgan fingerprint density at radius 3 is 2.70 bits per heavy atom. The number of hydrogen-bond donors (Lipinski definition) is 1. The molecule has 6 heteroatoms. The number of dihydropyridines is 1. The van der Waals surface area contributed by atoms with E-state index in [0.717, 1.165) is 23.4 Å². The predicted octanol–water partition coefficient (Wildman–Crippen LogP) is 5.74. The van der Waals surface area contributed by atoms with Crippen molar-refractivity contribution in [1.29, 1.82) is 5.26 Å². The predicted molar refractivity (Wildman–Crippen MR) is 115 cm³/mol. The number of nitrogens with zero attached hydrogens (tertiary/aromatic N) is 1. The van der Waals surface area contributed by atoms with E-state index in [4.69, 9.17) is 20.8 Å². The summed E-state index contributed by atoms with van der Waals surface area (Å²) in [5, 5.41) is 13.6. The second-order valence-electron chi connectivity index (χ2n) is 8.59. The molecule has 1 aliphatic heterocycles. The minimum atomic E-state index is -0.502. The van der Waals surface area contributed by atoms with Crippen LogP contribution in [0, 0.1) is 16.7 Å². The fourth-order valence-corrected chi connectivity index (χ4v) is 4.61. The number of nitrogens with one attached hydrogen (secondary N) is 1. The molecule has 0 saturated carbocycles. The average molecular weight is 423 g/mol. The van der Waals surface area contributed by atoms with Crippen LogP contribution in [0.4, 0.5) is 0 Å². The van der Waals surface area contributed by atoms with Crippen LogP contribution in [-0.2, 0) is 4.79 Å². The zero-order valence-corrected chi connectivity index (χ0v) is 18.2. The molecule has 2 aromatic rings. The lowest BCUT2D eigenvalue weighted by molar-refractivity contribution is -0.118. The van der Waals surface area contributed by atoms with E-state index in [1.165, 1.54) is 0 Å². The van der Waals surface area contributed by atoms with Crippen LogP contribution in [0.25, 0.3) is 11.3 Å². The van der Waals surface area contributed by atoms with Gasteiger partial charge in [-0.2, -0.15) is 5.26 Å². The number of furan rings is 1. The third-order valence-electron chi connectivity index (χ3n) is 5.71. The molecule has 0 saturated heterocycles. The van der Waals surface area contributed by atoms with Crippen LogP contribution < -0.4 is 10.1 Å². The van der Waals surface area contributed by atoms with Gasteiger partial charge in [0.15, 0.2) is 5.78 Å². The van der Waals surface area contributed by atoms with Crippen molar-refractivity contribution in [2.45, 2.75) is 39.5 Å². The molecule has 2 heterocycles. The van der Waals surface area contributed by atoms with Crippen molar-refractivity contribution in [1.82, 2.24) is 5.32 Å². The van der Waals surface area contributed by atoms with Crippen LogP contribution in [0.1, 0.15) is 45.3 Å². The van der Waals surface area contributed by atoms with E-state index in [2.05, 4.69) is 25.2 Å². The molecule has 0 bridgehead atoms. The first-order valence-electron chi connectivity index (χ1n) is 9.82. The summed E-state index contributed by atoms with van der Waals surface area (Å²) in [5.41, 5.74) is 3.48. The Bertz CT molecular complexity index is 1150. The number of allylic oxidation sites excluding steroid dienone is 4. The highest BCUT2D eigenvalue weighted by Gasteiger charge is 2.42. The molecule has 0 fully saturated rings. The zero-order valence-electron chi connectivity index (χ0n) is 17.4. The Labute approximate surface area is 181 Å². The number of ether oxygens (including phenoxy) is 1. The Morgan fingerprint density at radius 1 is 1.27 bits per heavy atom. The lowest BCUT2D eigenvalue weighted by atomic mass is 9.70. The number of carbonyl (C=O) groups is 1. The largest absolute Gasteiger partial charge is 0.495 e. The Balaban J connectivity index is 1.79. The quantitative estimate of drug-likeness (QED) is 0.682. The first-order chi connectivity index (χ1) is 14.2. The highest BCUT2D eigenvalue weighted by Crippen LogP contribution is 2.47. The van der Waals surface area contributed by atoms with Gasteiger partial charge in [-0.25, -0.2) is 0 Å². The van der Waals surface area contributed by atoms with E-state index in [9.17, 15) is 10.1 Å². The van der Waals surface area contributed by atoms with Crippen molar-refractivity contribution in [3.8, 4) is 23.1 Å². The number of nitriles is 1. The van der Waals surface area contributed by atoms with E-state index in [1.807, 2.05) is 25.1 Å². The minimum absolute atomic E-state index is 0.0597. The van der Waals surface area contributed by atoms with Gasteiger partial charge in [0.05, 0.1) is 29.7 Å². The third kappa shape index (κ3) is 3.42. The summed E-state index contributed by atoms with van der Waals surface area (Å²) in [4.78, 5) is 13.1. The van der Waals surface area contributed by atoms with Crippen LogP contribution >= 0.6 is 11.6 Å². The molecule has 0 unspecified atom stereocenters. The molecule has 154 valence electrons. The normalized spacial score (nSPS) is 20.5. The Morgan fingerprint density at radius 2 is 2.03 bits per heavy atom. The van der Waals surface area contributed by atoms with Gasteiger partial charge in [0.25, 0.3) is 0 Å². The number of Topliss-reactive ketones (excluding diaryl/α,β-unsaturated/α-hetero) is 1. The molecule has 0 spiro atoms. The van der Waals surface area contributed by atoms with Gasteiger partial charge in [-0.3, -0.25) is 4.79 Å². The number of carbonyl (C=O) groups excluding carboxylic acids is 1. The average Bonchev–Trinajstić information content (AvgIpc) is 3.15. The number of benzene rings is 1. The zero-order chi connectivity index (χ0) is 21.6. The van der Waals surface area contributed by atoms with Crippen molar-refractivity contribution in [2.24, 2.45) is 5.41 Å². The fraction of sp³-hybridized carbons (Fsp3) is 0.333. The number of hydrogen-bond acceptors (Lipinski definition) is 5. The number of rotatable bonds is 3. The van der Waals surface area contributed by atoms with Crippen molar-refractivity contribution >= 4 is 17.4 Å². The maximum absolute atomic E-state index is 13.1. The molecule has 0 radical (unpaired) electrons. The second kappa shape index (κ2) is 7.37. The molecule has 2 aliphatic rings. The molecular weight excluding hydrogens is 400 g/mol. The van der Waals surface area contributed by atoms with Crippen LogP contribution in [-0.4, -0.2) is 12.9 Å². The van der Waals surface area contributed by atoms with Gasteiger partial charge in [-0.05, 0) is 49.1 Å². The fourth-order valence-electron chi connectivity index (χ4n) is 4.35. The molecule has 1 aromatic heterocycles. The standard InChI is InChI=1S/C24H23ClN2O3/c1-13-15(12-26)22(23-17(27-13)10-24(2,3)11-18(23)28)21-8-7-19(30-21)14-5-6-20(29-4)16(25)9-14/h5-9,22,27H,10-11H2,1-4H3/t22-/m0/s1. The summed E-state index contributed by atoms with van der Waals surface area (Å²) in [5.74, 6) is 1.34. The van der Waals surface area contributed by atoms with Gasteiger partial charge >= 0.3 is 0 Å². The highest BCUT2D eigenvalue weighted by atomic mass is 35.5.